The van der Waals surface area contributed by atoms with Gasteiger partial charge in [0, 0.05) is 45.1 Å². The Morgan fingerprint density at radius 3 is 2.69 bits per heavy atom. The van der Waals surface area contributed by atoms with E-state index in [4.69, 9.17) is 0 Å². The quantitative estimate of drug-likeness (QED) is 0.802. The van der Waals surface area contributed by atoms with Gasteiger partial charge in [-0.05, 0) is 50.0 Å². The van der Waals surface area contributed by atoms with Gasteiger partial charge in [-0.25, -0.2) is 0 Å². The lowest BCUT2D eigenvalue weighted by molar-refractivity contribution is -0.153. The summed E-state index contributed by atoms with van der Waals surface area (Å²) >= 11 is 0. The fourth-order valence-corrected chi connectivity index (χ4v) is 5.75. The minimum absolute atomic E-state index is 0.114. The lowest BCUT2D eigenvalue weighted by Gasteiger charge is -2.56. The molecule has 1 aromatic carbocycles. The highest BCUT2D eigenvalue weighted by atomic mass is 16.2. The number of aryl methyl sites for hydroxylation is 1. The smallest absolute Gasteiger partial charge is 0.223 e. The summed E-state index contributed by atoms with van der Waals surface area (Å²) in [7, 11) is 0. The van der Waals surface area contributed by atoms with Gasteiger partial charge >= 0.3 is 0 Å². The standard InChI is InChI=1S/C24H35N3O2/c1-3-5-23(28)25-13-22-20-12-19(21-6-4-7-24(29)27(21)22)15-26(16-20)14-18-10-8-17(2)9-11-18/h8-11,19-22H,3-7,12-16H2,1-2H3,(H,25,28)/t19-,20-,21-,22-/m0/s1. The number of carbonyl (C=O) groups is 2. The zero-order valence-corrected chi connectivity index (χ0v) is 17.9. The summed E-state index contributed by atoms with van der Waals surface area (Å²) in [5.41, 5.74) is 2.66. The summed E-state index contributed by atoms with van der Waals surface area (Å²) in [6.45, 7) is 7.82. The maximum Gasteiger partial charge on any atom is 0.223 e. The van der Waals surface area contributed by atoms with E-state index in [1.54, 1.807) is 0 Å². The van der Waals surface area contributed by atoms with Gasteiger partial charge in [-0.2, -0.15) is 0 Å². The molecule has 5 nitrogen and oxygen atoms in total. The summed E-state index contributed by atoms with van der Waals surface area (Å²) in [5.74, 6) is 1.42. The molecule has 0 aliphatic carbocycles. The Morgan fingerprint density at radius 2 is 1.93 bits per heavy atom. The first-order valence-corrected chi connectivity index (χ1v) is 11.4. The molecule has 4 atom stereocenters. The molecule has 29 heavy (non-hydrogen) atoms. The molecule has 3 fully saturated rings. The van der Waals surface area contributed by atoms with Crippen LogP contribution in [0.3, 0.4) is 0 Å². The van der Waals surface area contributed by atoms with Crippen molar-refractivity contribution in [3.8, 4) is 0 Å². The van der Waals surface area contributed by atoms with Crippen LogP contribution in [0.4, 0.5) is 0 Å². The van der Waals surface area contributed by atoms with E-state index < -0.39 is 0 Å². The molecule has 3 heterocycles. The summed E-state index contributed by atoms with van der Waals surface area (Å²) < 4.78 is 0. The summed E-state index contributed by atoms with van der Waals surface area (Å²) in [6.07, 6.45) is 5.40. The number of fused-ring (bicyclic) bond motifs is 4. The first kappa shape index (κ1) is 20.4. The van der Waals surface area contributed by atoms with E-state index in [0.29, 0.717) is 43.2 Å². The van der Waals surface area contributed by atoms with E-state index in [2.05, 4.69) is 46.3 Å². The highest BCUT2D eigenvalue weighted by Crippen LogP contribution is 2.41. The molecule has 0 spiro atoms. The number of hydrogen-bond donors (Lipinski definition) is 1. The van der Waals surface area contributed by atoms with Crippen LogP contribution < -0.4 is 5.32 Å². The molecule has 3 saturated heterocycles. The van der Waals surface area contributed by atoms with Crippen LogP contribution in [-0.4, -0.2) is 53.3 Å². The van der Waals surface area contributed by atoms with Crippen molar-refractivity contribution in [1.82, 2.24) is 15.1 Å². The monoisotopic (exact) mass is 397 g/mol. The van der Waals surface area contributed by atoms with E-state index in [-0.39, 0.29) is 11.9 Å². The summed E-state index contributed by atoms with van der Waals surface area (Å²) in [4.78, 5) is 29.7. The van der Waals surface area contributed by atoms with Crippen molar-refractivity contribution in [3.05, 3.63) is 35.4 Å². The molecule has 0 aromatic heterocycles. The SMILES string of the molecule is CCCC(=O)NC[C@H]1[C@H]2C[C@@H](CN(Cc3ccc(C)cc3)C2)[C@@H]2CCCC(=O)N21. The summed E-state index contributed by atoms with van der Waals surface area (Å²) in [5, 5.41) is 3.13. The molecular formula is C24H35N3O2. The first-order valence-electron chi connectivity index (χ1n) is 11.4. The predicted molar refractivity (Wildman–Crippen MR) is 114 cm³/mol. The van der Waals surface area contributed by atoms with Gasteiger partial charge in [-0.3, -0.25) is 14.5 Å². The normalized spacial score (nSPS) is 29.4. The van der Waals surface area contributed by atoms with Gasteiger partial charge in [0.15, 0.2) is 0 Å². The number of likely N-dealkylation sites (tertiary alicyclic amines) is 1. The van der Waals surface area contributed by atoms with Gasteiger partial charge in [0.05, 0.1) is 6.04 Å². The molecule has 0 unspecified atom stereocenters. The molecule has 3 aliphatic heterocycles. The zero-order valence-electron chi connectivity index (χ0n) is 17.9. The van der Waals surface area contributed by atoms with E-state index in [9.17, 15) is 9.59 Å². The minimum atomic E-state index is 0.114. The lowest BCUT2D eigenvalue weighted by Crippen LogP contribution is -2.67. The second-order valence-corrected chi connectivity index (χ2v) is 9.32. The average molecular weight is 398 g/mol. The third-order valence-corrected chi connectivity index (χ3v) is 7.08. The predicted octanol–water partition coefficient (Wildman–Crippen LogP) is 3.11. The number of amides is 2. The highest BCUT2D eigenvalue weighted by molar-refractivity contribution is 5.78. The van der Waals surface area contributed by atoms with Crippen LogP contribution in [0, 0.1) is 18.8 Å². The number of nitrogens with one attached hydrogen (secondary N) is 1. The van der Waals surface area contributed by atoms with Crippen molar-refractivity contribution in [1.29, 1.82) is 0 Å². The molecule has 2 bridgehead atoms. The number of hydrogen-bond acceptors (Lipinski definition) is 3. The molecular weight excluding hydrogens is 362 g/mol. The molecule has 4 rings (SSSR count). The Hall–Kier alpha value is -1.88. The van der Waals surface area contributed by atoms with Crippen LogP contribution in [0.15, 0.2) is 24.3 Å². The lowest BCUT2D eigenvalue weighted by atomic mass is 9.72. The van der Waals surface area contributed by atoms with E-state index in [1.165, 1.54) is 17.5 Å². The fraction of sp³-hybridized carbons (Fsp3) is 0.667. The molecule has 158 valence electrons. The van der Waals surface area contributed by atoms with Gasteiger partial charge in [0.1, 0.15) is 0 Å². The molecule has 0 radical (unpaired) electrons. The van der Waals surface area contributed by atoms with Gasteiger partial charge in [0.25, 0.3) is 0 Å². The van der Waals surface area contributed by atoms with Crippen molar-refractivity contribution in [2.75, 3.05) is 19.6 Å². The number of carbonyl (C=O) groups excluding carboxylic acids is 2. The third kappa shape index (κ3) is 4.50. The Labute approximate surface area is 174 Å². The first-order chi connectivity index (χ1) is 14.0. The van der Waals surface area contributed by atoms with E-state index in [1.807, 2.05) is 6.92 Å². The molecule has 5 heteroatoms. The third-order valence-electron chi connectivity index (χ3n) is 7.08. The molecule has 3 aliphatic rings. The number of benzene rings is 1. The Kier molecular flexibility index (Phi) is 6.23. The Morgan fingerprint density at radius 1 is 1.17 bits per heavy atom. The van der Waals surface area contributed by atoms with Crippen LogP contribution in [0.25, 0.3) is 0 Å². The maximum absolute atomic E-state index is 12.8. The second-order valence-electron chi connectivity index (χ2n) is 9.32. The highest BCUT2D eigenvalue weighted by Gasteiger charge is 2.49. The Bertz CT molecular complexity index is 732. The van der Waals surface area contributed by atoms with Crippen LogP contribution in [-0.2, 0) is 16.1 Å². The average Bonchev–Trinajstić information content (AvgIpc) is 2.70. The molecule has 1 aromatic rings. The Balaban J connectivity index is 1.50. The maximum atomic E-state index is 12.8. The molecule has 0 saturated carbocycles. The largest absolute Gasteiger partial charge is 0.354 e. The fourth-order valence-electron chi connectivity index (χ4n) is 5.75. The second kappa shape index (κ2) is 8.86. The van der Waals surface area contributed by atoms with E-state index >= 15 is 0 Å². The van der Waals surface area contributed by atoms with Crippen molar-refractivity contribution in [2.45, 2.75) is 71.0 Å². The minimum Gasteiger partial charge on any atom is -0.354 e. The van der Waals surface area contributed by atoms with Crippen molar-refractivity contribution >= 4 is 11.8 Å². The zero-order chi connectivity index (χ0) is 20.4. The van der Waals surface area contributed by atoms with Crippen LogP contribution >= 0.6 is 0 Å². The van der Waals surface area contributed by atoms with Crippen LogP contribution in [0.1, 0.15) is 56.6 Å². The number of piperidine rings is 3. The van der Waals surface area contributed by atoms with Crippen molar-refractivity contribution < 1.29 is 9.59 Å². The van der Waals surface area contributed by atoms with E-state index in [0.717, 1.165) is 38.9 Å². The number of nitrogens with zero attached hydrogens (tertiary/aromatic N) is 2. The number of rotatable bonds is 6. The van der Waals surface area contributed by atoms with Gasteiger partial charge < -0.3 is 10.2 Å². The van der Waals surface area contributed by atoms with Crippen LogP contribution in [0.2, 0.25) is 0 Å². The van der Waals surface area contributed by atoms with Gasteiger partial charge in [-0.1, -0.05) is 36.8 Å². The summed E-state index contributed by atoms with van der Waals surface area (Å²) in [6, 6.07) is 9.34. The molecule has 2 amide bonds. The molecule has 1 N–H and O–H groups in total. The van der Waals surface area contributed by atoms with Gasteiger partial charge in [-0.15, -0.1) is 0 Å². The van der Waals surface area contributed by atoms with Crippen molar-refractivity contribution in [2.24, 2.45) is 11.8 Å². The van der Waals surface area contributed by atoms with Gasteiger partial charge in [0.2, 0.25) is 11.8 Å². The topological polar surface area (TPSA) is 52.7 Å². The van der Waals surface area contributed by atoms with Crippen molar-refractivity contribution in [3.63, 3.8) is 0 Å². The van der Waals surface area contributed by atoms with Crippen LogP contribution in [0.5, 0.6) is 0 Å².